The van der Waals surface area contributed by atoms with E-state index >= 15 is 0 Å². The largest absolute Gasteiger partial charge is 0.454 e. The minimum Gasteiger partial charge on any atom is -0.454 e. The molecule has 0 aliphatic carbocycles. The molecule has 0 saturated carbocycles. The number of rotatable bonds is 3. The average molecular weight is 382 g/mol. The maximum absolute atomic E-state index is 12.5. The number of hydrogen-bond acceptors (Lipinski definition) is 4. The minimum absolute atomic E-state index is 0.0401. The summed E-state index contributed by atoms with van der Waals surface area (Å²) in [7, 11) is 0. The second-order valence-electron chi connectivity index (χ2n) is 6.72. The van der Waals surface area contributed by atoms with Crippen molar-refractivity contribution >= 4 is 23.4 Å². The zero-order valence-electron chi connectivity index (χ0n) is 15.3. The van der Waals surface area contributed by atoms with Crippen LogP contribution in [0.4, 0.5) is 21.0 Å². The smallest absolute Gasteiger partial charge is 0.321 e. The molecule has 0 radical (unpaired) electrons. The number of fused-ring (bicyclic) bond motifs is 1. The van der Waals surface area contributed by atoms with Crippen LogP contribution in [0.15, 0.2) is 48.5 Å². The van der Waals surface area contributed by atoms with Crippen molar-refractivity contribution in [1.82, 2.24) is 10.2 Å². The number of likely N-dealkylation sites (tertiary alicyclic amines) is 1. The molecule has 0 atom stereocenters. The normalized spacial score (nSPS) is 15.8. The Kier molecular flexibility index (Phi) is 5.18. The first-order valence-electron chi connectivity index (χ1n) is 9.25. The molecule has 0 spiro atoms. The van der Waals surface area contributed by atoms with E-state index in [9.17, 15) is 9.59 Å². The number of amides is 4. The highest BCUT2D eigenvalue weighted by Crippen LogP contribution is 2.34. The molecule has 4 rings (SSSR count). The number of piperidine rings is 1. The fourth-order valence-electron chi connectivity index (χ4n) is 3.28. The predicted octanol–water partition coefficient (Wildman–Crippen LogP) is 3.23. The van der Waals surface area contributed by atoms with E-state index in [1.807, 2.05) is 30.3 Å². The molecular formula is C20H22N4O4. The Hall–Kier alpha value is -3.42. The zero-order valence-corrected chi connectivity index (χ0v) is 15.3. The van der Waals surface area contributed by atoms with E-state index in [0.717, 1.165) is 5.69 Å². The Bertz CT molecular complexity index is 851. The molecule has 0 bridgehead atoms. The Morgan fingerprint density at radius 2 is 1.64 bits per heavy atom. The van der Waals surface area contributed by atoms with Crippen LogP contribution in [0.1, 0.15) is 12.8 Å². The van der Waals surface area contributed by atoms with Gasteiger partial charge in [0.1, 0.15) is 0 Å². The zero-order chi connectivity index (χ0) is 19.3. The summed E-state index contributed by atoms with van der Waals surface area (Å²) >= 11 is 0. The van der Waals surface area contributed by atoms with Gasteiger partial charge in [0.25, 0.3) is 0 Å². The Labute approximate surface area is 162 Å². The molecule has 0 aromatic heterocycles. The number of carbonyl (C=O) groups excluding carboxylic acids is 2. The van der Waals surface area contributed by atoms with Crippen molar-refractivity contribution < 1.29 is 19.1 Å². The molecule has 3 N–H and O–H groups in total. The molecule has 2 aliphatic rings. The summed E-state index contributed by atoms with van der Waals surface area (Å²) in [6, 6.07) is 14.3. The third-order valence-electron chi connectivity index (χ3n) is 4.77. The number of para-hydroxylation sites is 1. The molecule has 1 fully saturated rings. The fourth-order valence-corrected chi connectivity index (χ4v) is 3.28. The lowest BCUT2D eigenvalue weighted by Gasteiger charge is -2.32. The Balaban J connectivity index is 1.23. The summed E-state index contributed by atoms with van der Waals surface area (Å²) in [6.07, 6.45) is 1.41. The highest BCUT2D eigenvalue weighted by atomic mass is 16.7. The van der Waals surface area contributed by atoms with E-state index in [4.69, 9.17) is 9.47 Å². The van der Waals surface area contributed by atoms with E-state index in [1.165, 1.54) is 0 Å². The van der Waals surface area contributed by atoms with Gasteiger partial charge in [0.05, 0.1) is 0 Å². The highest BCUT2D eigenvalue weighted by Gasteiger charge is 2.24. The molecule has 2 aromatic rings. The third-order valence-corrected chi connectivity index (χ3v) is 4.77. The number of ether oxygens (including phenoxy) is 2. The van der Waals surface area contributed by atoms with Gasteiger partial charge in [-0.3, -0.25) is 0 Å². The van der Waals surface area contributed by atoms with Gasteiger partial charge in [0.15, 0.2) is 11.5 Å². The van der Waals surface area contributed by atoms with Crippen LogP contribution in [0.2, 0.25) is 0 Å². The maximum atomic E-state index is 12.5. The van der Waals surface area contributed by atoms with Crippen LogP contribution in [-0.2, 0) is 0 Å². The molecule has 1 saturated heterocycles. The first-order valence-corrected chi connectivity index (χ1v) is 9.25. The second kappa shape index (κ2) is 8.08. The molecule has 2 heterocycles. The first-order chi connectivity index (χ1) is 13.7. The molecule has 8 heteroatoms. The van der Waals surface area contributed by atoms with Gasteiger partial charge in [0.2, 0.25) is 6.79 Å². The number of carbonyl (C=O) groups is 2. The molecule has 0 unspecified atom stereocenters. The quantitative estimate of drug-likeness (QED) is 0.760. The van der Waals surface area contributed by atoms with Crippen LogP contribution in [0.3, 0.4) is 0 Å². The summed E-state index contributed by atoms with van der Waals surface area (Å²) in [6.45, 7) is 1.35. The first kappa shape index (κ1) is 18.0. The lowest BCUT2D eigenvalue weighted by molar-refractivity contribution is 0.174. The number of nitrogens with one attached hydrogen (secondary N) is 3. The number of urea groups is 2. The van der Waals surface area contributed by atoms with Crippen molar-refractivity contribution in [2.24, 2.45) is 0 Å². The van der Waals surface area contributed by atoms with E-state index in [0.29, 0.717) is 43.1 Å². The van der Waals surface area contributed by atoms with Crippen LogP contribution in [-0.4, -0.2) is 42.9 Å². The highest BCUT2D eigenvalue weighted by molar-refractivity contribution is 5.90. The van der Waals surface area contributed by atoms with Crippen LogP contribution in [0.25, 0.3) is 0 Å². The standard InChI is InChI=1S/C20H22N4O4/c25-19(21-14-4-2-1-3-5-14)22-15-8-10-24(11-9-15)20(26)23-16-6-7-17-18(12-16)28-13-27-17/h1-7,12,15H,8-11,13H2,(H,23,26)(H2,21,22,25). The fraction of sp³-hybridized carbons (Fsp3) is 0.300. The van der Waals surface area contributed by atoms with Crippen LogP contribution >= 0.6 is 0 Å². The van der Waals surface area contributed by atoms with Gasteiger partial charge in [-0.25, -0.2) is 9.59 Å². The number of benzene rings is 2. The van der Waals surface area contributed by atoms with Gasteiger partial charge in [-0.15, -0.1) is 0 Å². The second-order valence-corrected chi connectivity index (χ2v) is 6.72. The molecular weight excluding hydrogens is 360 g/mol. The van der Waals surface area contributed by atoms with Gasteiger partial charge >= 0.3 is 12.1 Å². The lowest BCUT2D eigenvalue weighted by Crippen LogP contribution is -2.48. The van der Waals surface area contributed by atoms with E-state index in [-0.39, 0.29) is 24.9 Å². The molecule has 2 aliphatic heterocycles. The average Bonchev–Trinajstić information content (AvgIpc) is 3.17. The van der Waals surface area contributed by atoms with E-state index in [1.54, 1.807) is 23.1 Å². The summed E-state index contributed by atoms with van der Waals surface area (Å²) in [4.78, 5) is 26.3. The molecule has 4 amide bonds. The topological polar surface area (TPSA) is 91.9 Å². The number of anilines is 2. The van der Waals surface area contributed by atoms with Crippen molar-refractivity contribution in [2.75, 3.05) is 30.5 Å². The van der Waals surface area contributed by atoms with Gasteiger partial charge in [-0.2, -0.15) is 0 Å². The number of hydrogen-bond donors (Lipinski definition) is 3. The number of nitrogens with zero attached hydrogens (tertiary/aromatic N) is 1. The maximum Gasteiger partial charge on any atom is 0.321 e. The molecule has 146 valence electrons. The van der Waals surface area contributed by atoms with E-state index < -0.39 is 0 Å². The van der Waals surface area contributed by atoms with Crippen LogP contribution in [0.5, 0.6) is 11.5 Å². The van der Waals surface area contributed by atoms with Crippen molar-refractivity contribution in [1.29, 1.82) is 0 Å². The Morgan fingerprint density at radius 3 is 2.43 bits per heavy atom. The summed E-state index contributed by atoms with van der Waals surface area (Å²) in [5, 5.41) is 8.66. The lowest BCUT2D eigenvalue weighted by atomic mass is 10.1. The predicted molar refractivity (Wildman–Crippen MR) is 105 cm³/mol. The van der Waals surface area contributed by atoms with Crippen molar-refractivity contribution in [3.05, 3.63) is 48.5 Å². The third kappa shape index (κ3) is 4.28. The summed E-state index contributed by atoms with van der Waals surface area (Å²) in [5.41, 5.74) is 1.41. The SMILES string of the molecule is O=C(Nc1ccccc1)NC1CCN(C(=O)Nc2ccc3c(c2)OCO3)CC1. The summed E-state index contributed by atoms with van der Waals surface area (Å²) in [5.74, 6) is 1.31. The Morgan fingerprint density at radius 1 is 0.893 bits per heavy atom. The van der Waals surface area contributed by atoms with Gasteiger partial charge in [0, 0.05) is 36.6 Å². The van der Waals surface area contributed by atoms with Gasteiger partial charge < -0.3 is 30.3 Å². The van der Waals surface area contributed by atoms with Crippen LogP contribution in [0, 0.1) is 0 Å². The molecule has 8 nitrogen and oxygen atoms in total. The van der Waals surface area contributed by atoms with Gasteiger partial charge in [-0.05, 0) is 37.1 Å². The molecule has 2 aromatic carbocycles. The van der Waals surface area contributed by atoms with Crippen LogP contribution < -0.4 is 25.4 Å². The van der Waals surface area contributed by atoms with Crippen molar-refractivity contribution in [2.45, 2.75) is 18.9 Å². The van der Waals surface area contributed by atoms with Crippen molar-refractivity contribution in [3.8, 4) is 11.5 Å². The van der Waals surface area contributed by atoms with E-state index in [2.05, 4.69) is 16.0 Å². The summed E-state index contributed by atoms with van der Waals surface area (Å²) < 4.78 is 10.6. The van der Waals surface area contributed by atoms with Gasteiger partial charge in [-0.1, -0.05) is 18.2 Å². The monoisotopic (exact) mass is 382 g/mol. The minimum atomic E-state index is -0.227. The molecule has 28 heavy (non-hydrogen) atoms. The van der Waals surface area contributed by atoms with Crippen molar-refractivity contribution in [3.63, 3.8) is 0 Å².